The number of hydrogen-bond donors (Lipinski definition) is 1. The molecule has 1 nitrogen and oxygen atoms in total. The van der Waals surface area contributed by atoms with Gasteiger partial charge in [0.15, 0.2) is 0 Å². The summed E-state index contributed by atoms with van der Waals surface area (Å²) in [5.41, 5.74) is 0. The van der Waals surface area contributed by atoms with Crippen molar-refractivity contribution in [1.82, 2.24) is 4.90 Å². The Morgan fingerprint density at radius 1 is 1.18 bits per heavy atom. The number of thiol groups is 1. The van der Waals surface area contributed by atoms with Gasteiger partial charge in [-0.2, -0.15) is 0 Å². The van der Waals surface area contributed by atoms with Gasteiger partial charge in [0.05, 0.1) is 0 Å². The van der Waals surface area contributed by atoms with E-state index in [0.717, 1.165) is 0 Å². The first-order chi connectivity index (χ1) is 3.64. The van der Waals surface area contributed by atoms with Gasteiger partial charge in [-0.25, -0.2) is 0 Å². The van der Waals surface area contributed by atoms with Crippen LogP contribution in [0.2, 0.25) is 0 Å². The molecule has 0 aliphatic heterocycles. The zero-order valence-corrected chi connectivity index (χ0v) is 6.93. The quantitative estimate of drug-likeness (QED) is 0.257. The summed E-state index contributed by atoms with van der Waals surface area (Å²) in [6.07, 6.45) is 0. The fourth-order valence-corrected chi connectivity index (χ4v) is 0. The Kier molecular flexibility index (Phi) is 61.3. The SMILES string of the molecule is C=C.CN(C)C(=S)S.[NaH].[NaH].[NaH]. The van der Waals surface area contributed by atoms with Crippen molar-refractivity contribution in [2.75, 3.05) is 14.1 Å². The topological polar surface area (TPSA) is 3.24 Å². The van der Waals surface area contributed by atoms with Crippen LogP contribution in [0.4, 0.5) is 0 Å². The second-order valence-corrected chi connectivity index (χ2v) is 2.29. The van der Waals surface area contributed by atoms with Gasteiger partial charge in [0.25, 0.3) is 0 Å². The number of rotatable bonds is 0. The van der Waals surface area contributed by atoms with Crippen LogP contribution in [-0.4, -0.2) is 112 Å². The first-order valence-electron chi connectivity index (χ1n) is 2.05. The van der Waals surface area contributed by atoms with Crippen molar-refractivity contribution < 1.29 is 0 Å². The standard InChI is InChI=1S/C3H7NS2.C2H4.3Na.3H/c1-4(2)3(5)6;1-2;;;;;;/h1-2H3,(H,5,6);1-2H2;;;;;;. The molecule has 0 aromatic rings. The van der Waals surface area contributed by atoms with Crippen LogP contribution in [0.3, 0.4) is 0 Å². The van der Waals surface area contributed by atoms with Crippen LogP contribution in [0, 0.1) is 0 Å². The summed E-state index contributed by atoms with van der Waals surface area (Å²) in [6.45, 7) is 6.00. The van der Waals surface area contributed by atoms with E-state index >= 15 is 0 Å². The molecule has 54 valence electrons. The van der Waals surface area contributed by atoms with Gasteiger partial charge < -0.3 is 4.90 Å². The molecule has 0 amide bonds. The molecule has 0 N–H and O–H groups in total. The van der Waals surface area contributed by atoms with Crippen molar-refractivity contribution in [3.05, 3.63) is 13.2 Å². The zero-order chi connectivity index (χ0) is 7.15. The summed E-state index contributed by atoms with van der Waals surface area (Å²) in [5.74, 6) is 0. The molecule has 0 saturated carbocycles. The second kappa shape index (κ2) is 23.1. The minimum absolute atomic E-state index is 0. The molecule has 0 fully saturated rings. The normalized spacial score (nSPS) is 4.64. The van der Waals surface area contributed by atoms with Gasteiger partial charge in [0.1, 0.15) is 4.32 Å². The predicted octanol–water partition coefficient (Wildman–Crippen LogP) is -0.381. The summed E-state index contributed by atoms with van der Waals surface area (Å²) >= 11 is 8.46. The van der Waals surface area contributed by atoms with E-state index in [1.165, 1.54) is 0 Å². The van der Waals surface area contributed by atoms with Gasteiger partial charge >= 0.3 is 88.7 Å². The molecule has 0 radical (unpaired) electrons. The summed E-state index contributed by atoms with van der Waals surface area (Å²) in [5, 5.41) is 0. The molecule has 0 atom stereocenters. The molecule has 0 rings (SSSR count). The molecule has 0 aromatic heterocycles. The first-order valence-corrected chi connectivity index (χ1v) is 2.90. The fourth-order valence-electron chi connectivity index (χ4n) is 0. The molecule has 0 aliphatic rings. The van der Waals surface area contributed by atoms with Crippen LogP contribution >= 0.6 is 24.8 Å². The Balaban J connectivity index is -0.0000000222. The van der Waals surface area contributed by atoms with E-state index in [-0.39, 0.29) is 88.7 Å². The number of thiocarbonyl (C=S) groups is 1. The van der Waals surface area contributed by atoms with E-state index in [9.17, 15) is 0 Å². The number of nitrogens with zero attached hydrogens (tertiary/aromatic N) is 1. The molecule has 0 aliphatic carbocycles. The van der Waals surface area contributed by atoms with Gasteiger partial charge in [0, 0.05) is 14.1 Å². The minimum atomic E-state index is 0. The van der Waals surface area contributed by atoms with Crippen LogP contribution in [0.5, 0.6) is 0 Å². The van der Waals surface area contributed by atoms with Crippen molar-refractivity contribution in [2.24, 2.45) is 0 Å². The van der Waals surface area contributed by atoms with E-state index in [1.807, 2.05) is 14.1 Å². The Bertz CT molecular complexity index is 80.1. The van der Waals surface area contributed by atoms with Crippen LogP contribution in [0.25, 0.3) is 0 Å². The van der Waals surface area contributed by atoms with Crippen molar-refractivity contribution in [3.63, 3.8) is 0 Å². The Hall–Kier alpha value is 2.98. The molecular weight excluding hydrogens is 207 g/mol. The van der Waals surface area contributed by atoms with Crippen molar-refractivity contribution >= 4 is 118 Å². The molecule has 0 spiro atoms. The Morgan fingerprint density at radius 3 is 1.27 bits per heavy atom. The third-order valence-electron chi connectivity index (χ3n) is 0.383. The van der Waals surface area contributed by atoms with Crippen LogP contribution in [0.15, 0.2) is 13.2 Å². The van der Waals surface area contributed by atoms with Crippen LogP contribution in [0.1, 0.15) is 0 Å². The van der Waals surface area contributed by atoms with Gasteiger partial charge in [-0.05, 0) is 0 Å². The average molecular weight is 221 g/mol. The zero-order valence-electron chi connectivity index (χ0n) is 5.22. The summed E-state index contributed by atoms with van der Waals surface area (Å²) < 4.78 is 0.620. The maximum absolute atomic E-state index is 4.61. The average Bonchev–Trinajstić information content (AvgIpc) is 1.72. The van der Waals surface area contributed by atoms with Crippen molar-refractivity contribution in [1.29, 1.82) is 0 Å². The Labute approximate surface area is 147 Å². The molecule has 6 heteroatoms. The third-order valence-corrected chi connectivity index (χ3v) is 1.15. The summed E-state index contributed by atoms with van der Waals surface area (Å²) in [6, 6.07) is 0. The van der Waals surface area contributed by atoms with E-state index in [0.29, 0.717) is 4.32 Å². The molecule has 0 aromatic carbocycles. The molecule has 11 heavy (non-hydrogen) atoms. The van der Waals surface area contributed by atoms with E-state index < -0.39 is 0 Å². The molecule has 0 saturated heterocycles. The molecule has 0 heterocycles. The van der Waals surface area contributed by atoms with E-state index in [1.54, 1.807) is 4.90 Å². The van der Waals surface area contributed by atoms with Gasteiger partial charge in [-0.15, -0.1) is 25.8 Å². The van der Waals surface area contributed by atoms with Crippen LogP contribution in [-0.2, 0) is 0 Å². The number of hydrogen-bond acceptors (Lipinski definition) is 1. The monoisotopic (exact) mass is 221 g/mol. The molecular formula is C5H14NNa3S2. The fraction of sp³-hybridized carbons (Fsp3) is 0.400. The van der Waals surface area contributed by atoms with E-state index in [2.05, 4.69) is 38.0 Å². The van der Waals surface area contributed by atoms with Gasteiger partial charge in [0.2, 0.25) is 0 Å². The van der Waals surface area contributed by atoms with Crippen molar-refractivity contribution in [3.8, 4) is 0 Å². The second-order valence-electron chi connectivity index (χ2n) is 1.18. The third kappa shape index (κ3) is 32.1. The van der Waals surface area contributed by atoms with Gasteiger partial charge in [-0.1, -0.05) is 12.2 Å². The summed E-state index contributed by atoms with van der Waals surface area (Å²) in [4.78, 5) is 1.76. The van der Waals surface area contributed by atoms with Crippen molar-refractivity contribution in [2.45, 2.75) is 0 Å². The first kappa shape index (κ1) is 29.2. The molecule has 0 bridgehead atoms. The predicted molar refractivity (Wildman–Crippen MR) is 68.0 cm³/mol. The Morgan fingerprint density at radius 2 is 1.27 bits per heavy atom. The van der Waals surface area contributed by atoms with Crippen LogP contribution < -0.4 is 0 Å². The van der Waals surface area contributed by atoms with E-state index in [4.69, 9.17) is 0 Å². The summed E-state index contributed by atoms with van der Waals surface area (Å²) in [7, 11) is 3.71. The maximum atomic E-state index is 4.61. The molecule has 0 unspecified atom stereocenters. The van der Waals surface area contributed by atoms with Gasteiger partial charge in [-0.3, -0.25) is 0 Å².